The van der Waals surface area contributed by atoms with E-state index in [1.54, 1.807) is 4.68 Å². The van der Waals surface area contributed by atoms with Crippen molar-refractivity contribution in [2.75, 3.05) is 31.1 Å². The van der Waals surface area contributed by atoms with Crippen LogP contribution in [0.2, 0.25) is 0 Å². The number of benzene rings is 1. The molecule has 8 nitrogen and oxygen atoms in total. The first-order valence-corrected chi connectivity index (χ1v) is 10.7. The van der Waals surface area contributed by atoms with Crippen molar-refractivity contribution in [2.24, 2.45) is 0 Å². The summed E-state index contributed by atoms with van der Waals surface area (Å²) in [6.07, 6.45) is 0. The zero-order valence-electron chi connectivity index (χ0n) is 16.2. The summed E-state index contributed by atoms with van der Waals surface area (Å²) in [5.41, 5.74) is 1.89. The van der Waals surface area contributed by atoms with Gasteiger partial charge in [-0.2, -0.15) is 9.40 Å². The van der Waals surface area contributed by atoms with Gasteiger partial charge in [0.1, 0.15) is 5.82 Å². The summed E-state index contributed by atoms with van der Waals surface area (Å²) in [5, 5.41) is 13.0. The Hall–Kier alpha value is -2.85. The molecule has 3 heterocycles. The third-order valence-corrected chi connectivity index (χ3v) is 6.79. The molecule has 0 radical (unpaired) electrons. The number of hydrogen-bond donors (Lipinski definition) is 0. The Bertz CT molecular complexity index is 1100. The van der Waals surface area contributed by atoms with E-state index in [4.69, 9.17) is 0 Å². The monoisotopic (exact) mass is 416 g/mol. The van der Waals surface area contributed by atoms with Crippen LogP contribution in [0.4, 0.5) is 10.2 Å². The first-order valence-electron chi connectivity index (χ1n) is 9.22. The molecule has 1 saturated heterocycles. The Morgan fingerprint density at radius 2 is 1.52 bits per heavy atom. The predicted octanol–water partition coefficient (Wildman–Crippen LogP) is 1.93. The van der Waals surface area contributed by atoms with Gasteiger partial charge in [-0.25, -0.2) is 17.5 Å². The lowest BCUT2D eigenvalue weighted by Crippen LogP contribution is -2.49. The number of halogens is 1. The number of sulfonamides is 1. The summed E-state index contributed by atoms with van der Waals surface area (Å²) in [5.74, 6) is 0.863. The van der Waals surface area contributed by atoms with Crippen molar-refractivity contribution in [3.05, 3.63) is 59.7 Å². The number of hydrogen-bond acceptors (Lipinski definition) is 6. The van der Waals surface area contributed by atoms with Crippen LogP contribution in [-0.4, -0.2) is 58.9 Å². The third-order valence-electron chi connectivity index (χ3n) is 4.88. The van der Waals surface area contributed by atoms with Gasteiger partial charge in [0.2, 0.25) is 10.0 Å². The lowest BCUT2D eigenvalue weighted by molar-refractivity contribution is 0.383. The Morgan fingerprint density at radius 3 is 2.07 bits per heavy atom. The van der Waals surface area contributed by atoms with E-state index in [0.717, 1.165) is 23.5 Å². The van der Waals surface area contributed by atoms with Crippen molar-refractivity contribution in [2.45, 2.75) is 18.7 Å². The van der Waals surface area contributed by atoms with Crippen LogP contribution in [0.5, 0.6) is 0 Å². The molecule has 1 fully saturated rings. The highest BCUT2D eigenvalue weighted by atomic mass is 32.2. The molecule has 4 rings (SSSR count). The van der Waals surface area contributed by atoms with Crippen molar-refractivity contribution in [1.82, 2.24) is 24.3 Å². The van der Waals surface area contributed by atoms with E-state index in [0.29, 0.717) is 37.8 Å². The van der Waals surface area contributed by atoms with Gasteiger partial charge in [0.15, 0.2) is 11.6 Å². The summed E-state index contributed by atoms with van der Waals surface area (Å²) in [4.78, 5) is 2.09. The Balaban J connectivity index is 1.44. The third kappa shape index (κ3) is 3.85. The lowest BCUT2D eigenvalue weighted by Gasteiger charge is -2.34. The maximum absolute atomic E-state index is 13.1. The average molecular weight is 416 g/mol. The van der Waals surface area contributed by atoms with Gasteiger partial charge in [-0.05, 0) is 56.3 Å². The summed E-state index contributed by atoms with van der Waals surface area (Å²) in [7, 11) is -3.64. The van der Waals surface area contributed by atoms with Gasteiger partial charge in [-0.3, -0.25) is 0 Å². The Labute approximate surface area is 168 Å². The minimum atomic E-state index is -3.64. The van der Waals surface area contributed by atoms with Crippen molar-refractivity contribution in [3.8, 4) is 5.82 Å². The summed E-state index contributed by atoms with van der Waals surface area (Å²) in [6, 6.07) is 10.6. The number of anilines is 1. The fourth-order valence-corrected chi connectivity index (χ4v) is 4.80. The molecule has 1 aromatic carbocycles. The van der Waals surface area contributed by atoms with E-state index in [1.165, 1.54) is 16.4 Å². The second-order valence-electron chi connectivity index (χ2n) is 6.93. The fraction of sp³-hybridized carbons (Fsp3) is 0.316. The second-order valence-corrected chi connectivity index (χ2v) is 8.87. The normalized spacial score (nSPS) is 15.6. The topological polar surface area (TPSA) is 84.2 Å². The quantitative estimate of drug-likeness (QED) is 0.646. The fourth-order valence-electron chi connectivity index (χ4n) is 3.37. The van der Waals surface area contributed by atoms with Gasteiger partial charge in [0.05, 0.1) is 10.6 Å². The van der Waals surface area contributed by atoms with Crippen LogP contribution in [0.3, 0.4) is 0 Å². The van der Waals surface area contributed by atoms with Gasteiger partial charge < -0.3 is 4.90 Å². The van der Waals surface area contributed by atoms with E-state index in [9.17, 15) is 12.8 Å². The zero-order valence-corrected chi connectivity index (χ0v) is 17.0. The standard InChI is InChI=1S/C19H21FN6O2S/c1-14-13-15(2)26(23-14)19-8-7-18(21-22-19)24-9-11-25(12-10-24)29(27,28)17-5-3-16(20)4-6-17/h3-8,13H,9-12H2,1-2H3. The molecule has 0 saturated carbocycles. The first-order chi connectivity index (χ1) is 13.8. The van der Waals surface area contributed by atoms with Gasteiger partial charge in [-0.1, -0.05) is 0 Å². The smallest absolute Gasteiger partial charge is 0.243 e. The molecule has 0 aliphatic carbocycles. The van der Waals surface area contributed by atoms with Crippen LogP contribution >= 0.6 is 0 Å². The molecule has 2 aromatic heterocycles. The molecule has 0 N–H and O–H groups in total. The minimum Gasteiger partial charge on any atom is -0.352 e. The number of nitrogens with zero attached hydrogens (tertiary/aromatic N) is 6. The van der Waals surface area contributed by atoms with E-state index < -0.39 is 15.8 Å². The van der Waals surface area contributed by atoms with Gasteiger partial charge >= 0.3 is 0 Å². The molecule has 0 spiro atoms. The van der Waals surface area contributed by atoms with E-state index in [1.807, 2.05) is 36.9 Å². The maximum Gasteiger partial charge on any atom is 0.243 e. The molecule has 1 aliphatic rings. The highest BCUT2D eigenvalue weighted by molar-refractivity contribution is 7.89. The molecule has 0 amide bonds. The molecular weight excluding hydrogens is 395 g/mol. The number of aromatic nitrogens is 4. The van der Waals surface area contributed by atoms with Crippen LogP contribution in [0.15, 0.2) is 47.4 Å². The van der Waals surface area contributed by atoms with E-state index in [-0.39, 0.29) is 4.90 Å². The average Bonchev–Trinajstić information content (AvgIpc) is 3.06. The van der Waals surface area contributed by atoms with Crippen molar-refractivity contribution in [3.63, 3.8) is 0 Å². The van der Waals surface area contributed by atoms with Crippen molar-refractivity contribution in [1.29, 1.82) is 0 Å². The summed E-state index contributed by atoms with van der Waals surface area (Å²) >= 11 is 0. The maximum atomic E-state index is 13.1. The Morgan fingerprint density at radius 1 is 0.897 bits per heavy atom. The van der Waals surface area contributed by atoms with E-state index in [2.05, 4.69) is 15.3 Å². The highest BCUT2D eigenvalue weighted by Gasteiger charge is 2.29. The van der Waals surface area contributed by atoms with Gasteiger partial charge in [0.25, 0.3) is 0 Å². The molecule has 3 aromatic rings. The predicted molar refractivity (Wildman–Crippen MR) is 106 cm³/mol. The molecule has 1 aliphatic heterocycles. The van der Waals surface area contributed by atoms with Gasteiger partial charge in [0, 0.05) is 31.9 Å². The molecule has 29 heavy (non-hydrogen) atoms. The van der Waals surface area contributed by atoms with Gasteiger partial charge in [-0.15, -0.1) is 10.2 Å². The molecule has 152 valence electrons. The lowest BCUT2D eigenvalue weighted by atomic mass is 10.3. The summed E-state index contributed by atoms with van der Waals surface area (Å²) in [6.45, 7) is 5.51. The Kier molecular flexibility index (Phi) is 5.05. The summed E-state index contributed by atoms with van der Waals surface area (Å²) < 4.78 is 41.7. The number of rotatable bonds is 4. The van der Waals surface area contributed by atoms with Crippen molar-refractivity contribution < 1.29 is 12.8 Å². The largest absolute Gasteiger partial charge is 0.352 e. The highest BCUT2D eigenvalue weighted by Crippen LogP contribution is 2.20. The molecular formula is C19H21FN6O2S. The second kappa shape index (κ2) is 7.53. The molecule has 0 unspecified atom stereocenters. The number of aryl methyl sites for hydroxylation is 2. The van der Waals surface area contributed by atoms with Crippen LogP contribution in [-0.2, 0) is 10.0 Å². The molecule has 10 heteroatoms. The zero-order chi connectivity index (χ0) is 20.6. The van der Waals surface area contributed by atoms with Crippen LogP contribution in [0, 0.1) is 19.7 Å². The van der Waals surface area contributed by atoms with Crippen molar-refractivity contribution >= 4 is 15.8 Å². The van der Waals surface area contributed by atoms with Crippen LogP contribution in [0.1, 0.15) is 11.4 Å². The SMILES string of the molecule is Cc1cc(C)n(-c2ccc(N3CCN(S(=O)(=O)c4ccc(F)cc4)CC3)nn2)n1. The molecule has 0 atom stereocenters. The van der Waals surface area contributed by atoms with Crippen LogP contribution < -0.4 is 4.90 Å². The van der Waals surface area contributed by atoms with E-state index >= 15 is 0 Å². The van der Waals surface area contributed by atoms with Crippen LogP contribution in [0.25, 0.3) is 5.82 Å². The molecule has 0 bridgehead atoms. The number of piperazine rings is 1. The minimum absolute atomic E-state index is 0.0985. The first kappa shape index (κ1) is 19.5.